The molecule has 4 fully saturated rings. The van der Waals surface area contributed by atoms with Crippen LogP contribution in [-0.4, -0.2) is 61.7 Å². The fourth-order valence-corrected chi connectivity index (χ4v) is 6.04. The van der Waals surface area contributed by atoms with Crippen LogP contribution in [0.2, 0.25) is 0 Å². The maximum absolute atomic E-state index is 14.9. The highest BCUT2D eigenvalue weighted by Gasteiger charge is 2.43. The van der Waals surface area contributed by atoms with Gasteiger partial charge < -0.3 is 20.4 Å². The van der Waals surface area contributed by atoms with Crippen molar-refractivity contribution in [1.29, 1.82) is 5.26 Å². The number of nitrogens with one attached hydrogen (secondary N) is 2. The minimum Gasteiger partial charge on any atom is -0.370 e. The molecule has 3 saturated heterocycles. The molecule has 30 heavy (non-hydrogen) atoms. The molecule has 0 spiro atoms. The topological polar surface area (TPSA) is 71.4 Å². The molecule has 6 atom stereocenters. The number of carbonyl (C=O) groups excluding carboxylic acids is 1. The quantitative estimate of drug-likeness (QED) is 0.771. The summed E-state index contributed by atoms with van der Waals surface area (Å²) >= 11 is 0. The van der Waals surface area contributed by atoms with Gasteiger partial charge in [-0.25, -0.2) is 4.39 Å². The van der Waals surface area contributed by atoms with Gasteiger partial charge in [-0.3, -0.25) is 4.79 Å². The van der Waals surface area contributed by atoms with Crippen molar-refractivity contribution in [2.45, 2.75) is 56.3 Å². The first-order valence-corrected chi connectivity index (χ1v) is 11.2. The van der Waals surface area contributed by atoms with Crippen molar-refractivity contribution in [3.63, 3.8) is 0 Å². The molecular formula is C23H30FN5O. The van der Waals surface area contributed by atoms with Gasteiger partial charge in [0.15, 0.2) is 0 Å². The average molecular weight is 412 g/mol. The molecule has 4 aliphatic rings. The number of amides is 1. The van der Waals surface area contributed by atoms with E-state index in [-0.39, 0.29) is 24.2 Å². The molecule has 1 aromatic carbocycles. The highest BCUT2D eigenvalue weighted by Crippen LogP contribution is 2.35. The number of likely N-dealkylation sites (tertiary alicyclic amines) is 1. The Morgan fingerprint density at radius 3 is 2.87 bits per heavy atom. The zero-order valence-electron chi connectivity index (χ0n) is 17.5. The van der Waals surface area contributed by atoms with Crippen LogP contribution in [-0.2, 0) is 11.2 Å². The lowest BCUT2D eigenvalue weighted by Crippen LogP contribution is -2.50. The van der Waals surface area contributed by atoms with E-state index in [1.165, 1.54) is 6.42 Å². The molecule has 160 valence electrons. The second-order valence-electron chi connectivity index (χ2n) is 9.59. The van der Waals surface area contributed by atoms with Gasteiger partial charge in [-0.05, 0) is 68.8 Å². The smallest absolute Gasteiger partial charge is 0.238 e. The Balaban J connectivity index is 1.21. The maximum Gasteiger partial charge on any atom is 0.238 e. The van der Waals surface area contributed by atoms with E-state index in [1.807, 2.05) is 6.07 Å². The third-order valence-electron chi connectivity index (χ3n) is 7.77. The lowest BCUT2D eigenvalue weighted by atomic mass is 9.98. The summed E-state index contributed by atoms with van der Waals surface area (Å²) in [6.07, 6.45) is 4.63. The van der Waals surface area contributed by atoms with Crippen molar-refractivity contribution >= 4 is 11.6 Å². The molecule has 0 radical (unpaired) electrons. The number of benzene rings is 1. The number of nitrogens with zero attached hydrogens (tertiary/aromatic N) is 3. The number of nitriles is 1. The molecule has 2 N–H and O–H groups in total. The standard InChI is InChI=1S/C23H30FN5O/c1-28-7-6-16-12-29(13-21(16)28)19-5-3-14(20(24)10-19)8-18(11-25)27-23(30)22-15-2-4-17(9-15)26-22/h3,5,10,15-18,21-22,26H,2,4,6-9,12-13H2,1H3,(H,27,30)/t15?,16?,17?,18-,21?,22-/m0/s1. The Labute approximate surface area is 177 Å². The summed E-state index contributed by atoms with van der Waals surface area (Å²) < 4.78 is 14.9. The number of rotatable bonds is 5. The molecule has 1 saturated carbocycles. The average Bonchev–Trinajstić information content (AvgIpc) is 3.51. The van der Waals surface area contributed by atoms with Gasteiger partial charge in [0, 0.05) is 37.3 Å². The third-order valence-corrected chi connectivity index (χ3v) is 7.77. The van der Waals surface area contributed by atoms with Gasteiger partial charge in [-0.2, -0.15) is 5.26 Å². The number of hydrogen-bond donors (Lipinski definition) is 2. The number of fused-ring (bicyclic) bond motifs is 3. The van der Waals surface area contributed by atoms with E-state index in [1.54, 1.807) is 12.1 Å². The highest BCUT2D eigenvalue weighted by molar-refractivity contribution is 5.83. The summed E-state index contributed by atoms with van der Waals surface area (Å²) in [5.74, 6) is 0.601. The van der Waals surface area contributed by atoms with Gasteiger partial charge in [0.2, 0.25) is 5.91 Å². The molecule has 2 bridgehead atoms. The normalized spacial score (nSPS) is 33.5. The van der Waals surface area contributed by atoms with Crippen molar-refractivity contribution in [1.82, 2.24) is 15.5 Å². The van der Waals surface area contributed by atoms with E-state index in [4.69, 9.17) is 0 Å². The Morgan fingerprint density at radius 1 is 1.33 bits per heavy atom. The Hall–Kier alpha value is -2.17. The molecule has 3 aliphatic heterocycles. The van der Waals surface area contributed by atoms with E-state index < -0.39 is 6.04 Å². The third kappa shape index (κ3) is 3.57. The Kier molecular flexibility index (Phi) is 5.16. The maximum atomic E-state index is 14.9. The minimum absolute atomic E-state index is 0.126. The van der Waals surface area contributed by atoms with Crippen molar-refractivity contribution in [3.05, 3.63) is 29.6 Å². The van der Waals surface area contributed by atoms with Crippen molar-refractivity contribution in [2.75, 3.05) is 31.6 Å². The fourth-order valence-electron chi connectivity index (χ4n) is 6.04. The summed E-state index contributed by atoms with van der Waals surface area (Å²) in [5.41, 5.74) is 1.38. The molecule has 1 amide bonds. The largest absolute Gasteiger partial charge is 0.370 e. The lowest BCUT2D eigenvalue weighted by molar-refractivity contribution is -0.124. The zero-order valence-corrected chi connectivity index (χ0v) is 17.5. The van der Waals surface area contributed by atoms with Crippen molar-refractivity contribution in [2.24, 2.45) is 11.8 Å². The Morgan fingerprint density at radius 2 is 2.20 bits per heavy atom. The molecule has 5 rings (SSSR count). The SMILES string of the molecule is CN1CCC2CN(c3ccc(C[C@@H](C#N)NC(=O)[C@H]4NC5CCC4C5)c(F)c3)CC21. The first-order chi connectivity index (χ1) is 14.5. The first-order valence-electron chi connectivity index (χ1n) is 11.2. The van der Waals surface area contributed by atoms with Gasteiger partial charge in [-0.1, -0.05) is 6.07 Å². The monoisotopic (exact) mass is 411 g/mol. The van der Waals surface area contributed by atoms with Crippen LogP contribution < -0.4 is 15.5 Å². The Bertz CT molecular complexity index is 870. The first kappa shape index (κ1) is 19.8. The number of carbonyl (C=O) groups is 1. The number of hydrogen-bond acceptors (Lipinski definition) is 5. The molecule has 7 heteroatoms. The summed E-state index contributed by atoms with van der Waals surface area (Å²) in [6, 6.07) is 7.51. The molecular weight excluding hydrogens is 381 g/mol. The highest BCUT2D eigenvalue weighted by atomic mass is 19.1. The van der Waals surface area contributed by atoms with Gasteiger partial charge >= 0.3 is 0 Å². The van der Waals surface area contributed by atoms with Crippen LogP contribution in [0.4, 0.5) is 10.1 Å². The number of likely N-dealkylation sites (N-methyl/N-ethyl adjacent to an activating group) is 1. The second kappa shape index (κ2) is 7.82. The van der Waals surface area contributed by atoms with E-state index in [2.05, 4.69) is 33.6 Å². The van der Waals surface area contributed by atoms with E-state index in [0.29, 0.717) is 29.5 Å². The van der Waals surface area contributed by atoms with E-state index in [0.717, 1.165) is 44.6 Å². The van der Waals surface area contributed by atoms with E-state index in [9.17, 15) is 14.4 Å². The summed E-state index contributed by atoms with van der Waals surface area (Å²) in [4.78, 5) is 17.3. The molecule has 3 heterocycles. The number of halogens is 1. The summed E-state index contributed by atoms with van der Waals surface area (Å²) in [5, 5.41) is 15.7. The molecule has 4 unspecified atom stereocenters. The van der Waals surface area contributed by atoms with Crippen LogP contribution >= 0.6 is 0 Å². The van der Waals surface area contributed by atoms with Crippen LogP contribution in [0.5, 0.6) is 0 Å². The van der Waals surface area contributed by atoms with E-state index >= 15 is 0 Å². The van der Waals surface area contributed by atoms with Crippen LogP contribution in [0.15, 0.2) is 18.2 Å². The molecule has 0 aromatic heterocycles. The predicted molar refractivity (Wildman–Crippen MR) is 112 cm³/mol. The van der Waals surface area contributed by atoms with Crippen molar-refractivity contribution in [3.8, 4) is 6.07 Å². The minimum atomic E-state index is -0.724. The summed E-state index contributed by atoms with van der Waals surface area (Å²) in [7, 11) is 2.17. The molecule has 6 nitrogen and oxygen atoms in total. The zero-order chi connectivity index (χ0) is 20.8. The lowest BCUT2D eigenvalue weighted by Gasteiger charge is -2.24. The number of anilines is 1. The fraction of sp³-hybridized carbons (Fsp3) is 0.652. The molecule has 1 aliphatic carbocycles. The second-order valence-corrected chi connectivity index (χ2v) is 9.59. The van der Waals surface area contributed by atoms with Crippen LogP contribution in [0.3, 0.4) is 0 Å². The van der Waals surface area contributed by atoms with Gasteiger partial charge in [0.05, 0.1) is 12.1 Å². The van der Waals surface area contributed by atoms with Gasteiger partial charge in [0.1, 0.15) is 11.9 Å². The molecule has 1 aromatic rings. The predicted octanol–water partition coefficient (Wildman–Crippen LogP) is 1.66. The van der Waals surface area contributed by atoms with Gasteiger partial charge in [-0.15, -0.1) is 0 Å². The number of piperidine rings is 1. The van der Waals surface area contributed by atoms with Gasteiger partial charge in [0.25, 0.3) is 0 Å². The van der Waals surface area contributed by atoms with Crippen LogP contribution in [0, 0.1) is 29.0 Å². The van der Waals surface area contributed by atoms with Crippen LogP contribution in [0.1, 0.15) is 31.2 Å². The van der Waals surface area contributed by atoms with Crippen molar-refractivity contribution < 1.29 is 9.18 Å². The summed E-state index contributed by atoms with van der Waals surface area (Å²) in [6.45, 7) is 3.06. The van der Waals surface area contributed by atoms with Crippen LogP contribution in [0.25, 0.3) is 0 Å².